The van der Waals surface area contributed by atoms with Gasteiger partial charge < -0.3 is 11.1 Å². The van der Waals surface area contributed by atoms with E-state index in [1.165, 1.54) is 0 Å². The Balaban J connectivity index is 2.37. The monoisotopic (exact) mass is 235 g/mol. The molecule has 17 heavy (non-hydrogen) atoms. The van der Waals surface area contributed by atoms with Crippen molar-refractivity contribution in [2.45, 2.75) is 38.6 Å². The predicted molar refractivity (Wildman–Crippen MR) is 68.5 cm³/mol. The minimum atomic E-state index is -0.00440. The number of amides is 1. The molecule has 0 aromatic carbocycles. The van der Waals surface area contributed by atoms with E-state index in [9.17, 15) is 4.79 Å². The summed E-state index contributed by atoms with van der Waals surface area (Å²) in [6.07, 6.45) is 5.17. The van der Waals surface area contributed by atoms with Crippen LogP contribution in [0.5, 0.6) is 0 Å². The highest BCUT2D eigenvalue weighted by Gasteiger charge is 2.10. The highest BCUT2D eigenvalue weighted by Crippen LogP contribution is 2.00. The van der Waals surface area contributed by atoms with Crippen molar-refractivity contribution in [2.75, 3.05) is 6.54 Å². The number of aromatic nitrogens is 1. The topological polar surface area (TPSA) is 68.0 Å². The first-order chi connectivity index (χ1) is 8.26. The van der Waals surface area contributed by atoms with Crippen LogP contribution in [0.3, 0.4) is 0 Å². The number of nitrogens with one attached hydrogen (secondary N) is 1. The summed E-state index contributed by atoms with van der Waals surface area (Å²) < 4.78 is 0. The first-order valence-electron chi connectivity index (χ1n) is 6.15. The minimum Gasteiger partial charge on any atom is -0.352 e. The van der Waals surface area contributed by atoms with Crippen molar-refractivity contribution in [3.8, 4) is 0 Å². The number of hydrogen-bond donors (Lipinski definition) is 2. The second-order valence-electron chi connectivity index (χ2n) is 4.14. The quantitative estimate of drug-likeness (QED) is 0.747. The Kier molecular flexibility index (Phi) is 6.25. The average molecular weight is 235 g/mol. The van der Waals surface area contributed by atoms with Gasteiger partial charge in [-0.1, -0.05) is 25.8 Å². The van der Waals surface area contributed by atoms with Crippen molar-refractivity contribution in [1.29, 1.82) is 0 Å². The molecule has 0 bridgehead atoms. The molecule has 0 saturated heterocycles. The van der Waals surface area contributed by atoms with Gasteiger partial charge in [-0.2, -0.15) is 0 Å². The van der Waals surface area contributed by atoms with E-state index in [4.69, 9.17) is 5.73 Å². The number of nitrogens with zero attached hydrogens (tertiary/aromatic N) is 1. The highest BCUT2D eigenvalue weighted by atomic mass is 16.1. The lowest BCUT2D eigenvalue weighted by Crippen LogP contribution is -2.40. The Labute approximate surface area is 103 Å². The molecule has 1 unspecified atom stereocenters. The minimum absolute atomic E-state index is 0.00440. The second-order valence-corrected chi connectivity index (χ2v) is 4.14. The summed E-state index contributed by atoms with van der Waals surface area (Å²) in [5.41, 5.74) is 6.41. The van der Waals surface area contributed by atoms with Crippen molar-refractivity contribution in [3.63, 3.8) is 0 Å². The number of unbranched alkanes of at least 4 members (excludes halogenated alkanes) is 1. The maximum Gasteiger partial charge on any atom is 0.226 e. The molecule has 1 aromatic rings. The van der Waals surface area contributed by atoms with E-state index in [-0.39, 0.29) is 11.9 Å². The van der Waals surface area contributed by atoms with Crippen molar-refractivity contribution >= 4 is 5.91 Å². The first kappa shape index (κ1) is 13.6. The van der Waals surface area contributed by atoms with E-state index in [2.05, 4.69) is 17.2 Å². The van der Waals surface area contributed by atoms with Crippen LogP contribution in [0, 0.1) is 0 Å². The number of nitrogens with two attached hydrogens (primary N) is 1. The molecule has 0 spiro atoms. The van der Waals surface area contributed by atoms with Crippen LogP contribution in [0.25, 0.3) is 0 Å². The molecule has 3 N–H and O–H groups in total. The zero-order valence-electron chi connectivity index (χ0n) is 10.4. The third kappa shape index (κ3) is 5.45. The Bertz CT molecular complexity index is 327. The summed E-state index contributed by atoms with van der Waals surface area (Å²) >= 11 is 0. The lowest BCUT2D eigenvalue weighted by Gasteiger charge is -2.16. The van der Waals surface area contributed by atoms with Gasteiger partial charge in [-0.3, -0.25) is 9.78 Å². The average Bonchev–Trinajstić information content (AvgIpc) is 2.35. The zero-order valence-corrected chi connectivity index (χ0v) is 10.4. The van der Waals surface area contributed by atoms with Crippen LogP contribution in [0.1, 0.15) is 31.9 Å². The van der Waals surface area contributed by atoms with Crippen molar-refractivity contribution in [1.82, 2.24) is 10.3 Å². The Morgan fingerprint density at radius 2 is 2.35 bits per heavy atom. The highest BCUT2D eigenvalue weighted by molar-refractivity contribution is 5.78. The maximum atomic E-state index is 11.7. The van der Waals surface area contributed by atoms with Gasteiger partial charge in [0.25, 0.3) is 0 Å². The second kappa shape index (κ2) is 7.79. The van der Waals surface area contributed by atoms with E-state index >= 15 is 0 Å². The van der Waals surface area contributed by atoms with Crippen LogP contribution in [0.2, 0.25) is 0 Å². The maximum absolute atomic E-state index is 11.7. The smallest absolute Gasteiger partial charge is 0.226 e. The van der Waals surface area contributed by atoms with Gasteiger partial charge in [-0.15, -0.1) is 0 Å². The zero-order chi connectivity index (χ0) is 12.5. The van der Waals surface area contributed by atoms with Crippen LogP contribution in [-0.4, -0.2) is 23.5 Å². The van der Waals surface area contributed by atoms with Crippen LogP contribution in [0.15, 0.2) is 24.4 Å². The number of rotatable bonds is 7. The van der Waals surface area contributed by atoms with Crippen molar-refractivity contribution in [2.24, 2.45) is 5.73 Å². The third-order valence-electron chi connectivity index (χ3n) is 2.62. The van der Waals surface area contributed by atoms with E-state index in [1.807, 2.05) is 18.2 Å². The lowest BCUT2D eigenvalue weighted by atomic mass is 10.1. The molecule has 0 aliphatic carbocycles. The molecule has 4 nitrogen and oxygen atoms in total. The molecule has 1 rings (SSSR count). The summed E-state index contributed by atoms with van der Waals surface area (Å²) in [5, 5.41) is 2.95. The predicted octanol–water partition coefficient (Wildman–Crippen LogP) is 1.26. The van der Waals surface area contributed by atoms with E-state index in [0.29, 0.717) is 13.0 Å². The SMILES string of the molecule is CCCCC(CN)NC(=O)Cc1ccccn1. The molecule has 94 valence electrons. The fraction of sp³-hybridized carbons (Fsp3) is 0.538. The Hall–Kier alpha value is -1.42. The molecule has 1 heterocycles. The molecule has 0 aliphatic heterocycles. The lowest BCUT2D eigenvalue weighted by molar-refractivity contribution is -0.121. The molecule has 0 radical (unpaired) electrons. The number of hydrogen-bond acceptors (Lipinski definition) is 3. The standard InChI is InChI=1S/C13H21N3O/c1-2-3-6-12(10-14)16-13(17)9-11-7-4-5-8-15-11/h4-5,7-8,12H,2-3,6,9-10,14H2,1H3,(H,16,17). The summed E-state index contributed by atoms with van der Waals surface area (Å²) in [5.74, 6) is -0.00440. The number of carbonyl (C=O) groups is 1. The molecule has 0 aliphatic rings. The Morgan fingerprint density at radius 3 is 2.94 bits per heavy atom. The normalized spacial score (nSPS) is 12.1. The molecule has 0 fully saturated rings. The summed E-state index contributed by atoms with van der Waals surface area (Å²) in [7, 11) is 0. The number of pyridine rings is 1. The first-order valence-corrected chi connectivity index (χ1v) is 6.15. The van der Waals surface area contributed by atoms with Crippen molar-refractivity contribution in [3.05, 3.63) is 30.1 Å². The van der Waals surface area contributed by atoms with E-state index in [0.717, 1.165) is 25.0 Å². The fourth-order valence-electron chi connectivity index (χ4n) is 1.65. The van der Waals surface area contributed by atoms with Crippen molar-refractivity contribution < 1.29 is 4.79 Å². The molecule has 1 aromatic heterocycles. The van der Waals surface area contributed by atoms with Gasteiger partial charge in [0.05, 0.1) is 6.42 Å². The van der Waals surface area contributed by atoms with E-state index < -0.39 is 0 Å². The molecule has 1 atom stereocenters. The molecular weight excluding hydrogens is 214 g/mol. The fourth-order valence-corrected chi connectivity index (χ4v) is 1.65. The molecule has 0 saturated carbocycles. The van der Waals surface area contributed by atoms with Gasteiger partial charge in [0, 0.05) is 24.5 Å². The molecular formula is C13H21N3O. The molecule has 4 heteroatoms. The van der Waals surface area contributed by atoms with Crippen LogP contribution in [0.4, 0.5) is 0 Å². The van der Waals surface area contributed by atoms with Crippen LogP contribution < -0.4 is 11.1 Å². The van der Waals surface area contributed by atoms with Gasteiger partial charge in [-0.05, 0) is 18.6 Å². The summed E-state index contributed by atoms with van der Waals surface area (Å²) in [6, 6.07) is 5.66. The van der Waals surface area contributed by atoms with Gasteiger partial charge in [-0.25, -0.2) is 0 Å². The Morgan fingerprint density at radius 1 is 1.53 bits per heavy atom. The van der Waals surface area contributed by atoms with Gasteiger partial charge in [0.2, 0.25) is 5.91 Å². The van der Waals surface area contributed by atoms with E-state index in [1.54, 1.807) is 6.20 Å². The molecule has 1 amide bonds. The third-order valence-corrected chi connectivity index (χ3v) is 2.62. The van der Waals surface area contributed by atoms with Gasteiger partial charge in [0.15, 0.2) is 0 Å². The largest absolute Gasteiger partial charge is 0.352 e. The van der Waals surface area contributed by atoms with Crippen LogP contribution >= 0.6 is 0 Å². The van der Waals surface area contributed by atoms with Crippen LogP contribution in [-0.2, 0) is 11.2 Å². The van der Waals surface area contributed by atoms with Gasteiger partial charge >= 0.3 is 0 Å². The summed E-state index contributed by atoms with van der Waals surface area (Å²) in [6.45, 7) is 2.62. The summed E-state index contributed by atoms with van der Waals surface area (Å²) in [4.78, 5) is 15.9. The number of carbonyl (C=O) groups excluding carboxylic acids is 1. The van der Waals surface area contributed by atoms with Gasteiger partial charge in [0.1, 0.15) is 0 Å².